The Kier molecular flexibility index (Phi) is 5.86. The zero-order valence-corrected chi connectivity index (χ0v) is 16.3. The lowest BCUT2D eigenvalue weighted by Crippen LogP contribution is -2.26. The highest BCUT2D eigenvalue weighted by Gasteiger charge is 2.34. The van der Waals surface area contributed by atoms with Gasteiger partial charge in [-0.15, -0.1) is 0 Å². The Morgan fingerprint density at radius 2 is 1.86 bits per heavy atom. The number of hydrogen-bond acceptors (Lipinski definition) is 5. The lowest BCUT2D eigenvalue weighted by molar-refractivity contribution is -0.137. The van der Waals surface area contributed by atoms with Gasteiger partial charge in [0.2, 0.25) is 5.95 Å². The second kappa shape index (κ2) is 7.65. The molecule has 1 N–H and O–H groups in total. The number of benzene rings is 1. The lowest BCUT2D eigenvalue weighted by Gasteiger charge is -2.27. The molecule has 1 aromatic heterocycles. The quantitative estimate of drug-likeness (QED) is 0.756. The van der Waals surface area contributed by atoms with E-state index in [-0.39, 0.29) is 23.8 Å². The van der Waals surface area contributed by atoms with Crippen LogP contribution in [0.2, 0.25) is 0 Å². The first-order valence-corrected chi connectivity index (χ1v) is 8.43. The second-order valence-corrected chi connectivity index (χ2v) is 7.25. The van der Waals surface area contributed by atoms with Gasteiger partial charge < -0.3 is 9.64 Å². The number of ether oxygens (including phenoxy) is 1. The predicted octanol–water partition coefficient (Wildman–Crippen LogP) is 3.41. The summed E-state index contributed by atoms with van der Waals surface area (Å²) < 4.78 is 44.0. The molecule has 0 radical (unpaired) electrons. The predicted molar refractivity (Wildman–Crippen MR) is 99.2 cm³/mol. The minimum absolute atomic E-state index is 0.00796. The van der Waals surface area contributed by atoms with E-state index in [2.05, 4.69) is 9.97 Å². The number of ketones is 1. The van der Waals surface area contributed by atoms with E-state index in [1.54, 1.807) is 32.8 Å². The number of methoxy groups -OCH3 is 1. The van der Waals surface area contributed by atoms with Crippen LogP contribution in [0.4, 0.5) is 19.1 Å². The molecular weight excluding hydrogens is 375 g/mol. The number of alkyl halides is 3. The average Bonchev–Trinajstić information content (AvgIpc) is 2.59. The number of anilines is 1. The zero-order chi connectivity index (χ0) is 21.3. The fourth-order valence-corrected chi connectivity index (χ4v) is 2.81. The van der Waals surface area contributed by atoms with Crippen molar-refractivity contribution in [2.75, 3.05) is 26.1 Å². The molecule has 1 heterocycles. The molecule has 2 rings (SSSR count). The molecule has 0 atom stereocenters. The third-order valence-electron chi connectivity index (χ3n) is 4.30. The Bertz CT molecular complexity index is 934. The van der Waals surface area contributed by atoms with E-state index in [1.807, 2.05) is 0 Å². The smallest absolute Gasteiger partial charge is 0.416 e. The Labute approximate surface area is 160 Å². The highest BCUT2D eigenvalue weighted by molar-refractivity contribution is 5.95. The van der Waals surface area contributed by atoms with Crippen LogP contribution in [0.3, 0.4) is 0 Å². The van der Waals surface area contributed by atoms with Gasteiger partial charge >= 0.3 is 6.18 Å². The highest BCUT2D eigenvalue weighted by atomic mass is 19.4. The summed E-state index contributed by atoms with van der Waals surface area (Å²) in [6, 6.07) is 4.29. The van der Waals surface area contributed by atoms with Crippen LogP contribution in [0.5, 0.6) is 5.75 Å². The Balaban J connectivity index is 2.38. The molecule has 2 aromatic rings. The minimum Gasteiger partial charge on any atom is -0.496 e. The third kappa shape index (κ3) is 4.71. The van der Waals surface area contributed by atoms with Gasteiger partial charge in [0, 0.05) is 37.6 Å². The number of aromatic amines is 1. The summed E-state index contributed by atoms with van der Waals surface area (Å²) in [6.45, 7) is 3.44. The van der Waals surface area contributed by atoms with Crippen molar-refractivity contribution >= 4 is 11.7 Å². The largest absolute Gasteiger partial charge is 0.496 e. The molecule has 0 bridgehead atoms. The summed E-state index contributed by atoms with van der Waals surface area (Å²) in [6.07, 6.45) is -4.57. The molecule has 6 nitrogen and oxygen atoms in total. The minimum atomic E-state index is -4.50. The van der Waals surface area contributed by atoms with Crippen LogP contribution >= 0.6 is 0 Å². The van der Waals surface area contributed by atoms with Gasteiger partial charge in [0.15, 0.2) is 5.78 Å². The van der Waals surface area contributed by atoms with E-state index >= 15 is 0 Å². The molecule has 0 aliphatic heterocycles. The first-order valence-electron chi connectivity index (χ1n) is 8.43. The van der Waals surface area contributed by atoms with Crippen LogP contribution in [0.25, 0.3) is 0 Å². The summed E-state index contributed by atoms with van der Waals surface area (Å²) in [5.74, 6) is -0.123. The fraction of sp³-hybridized carbons (Fsp3) is 0.421. The van der Waals surface area contributed by atoms with Crippen LogP contribution in [-0.2, 0) is 11.6 Å². The standard InChI is InChI=1S/C19H22F3N3O3/c1-18(2,12-7-6-11(19(20,21)22)8-15(12)28-5)10-14(26)13-9-16(27)24-17(23-13)25(3)4/h6-9H,10H2,1-5H3,(H,23,24,27). The molecule has 0 unspecified atom stereocenters. The van der Waals surface area contributed by atoms with Crippen molar-refractivity contribution in [2.45, 2.75) is 31.9 Å². The number of rotatable bonds is 6. The molecule has 0 fully saturated rings. The van der Waals surface area contributed by atoms with E-state index in [4.69, 9.17) is 4.74 Å². The first kappa shape index (κ1) is 21.5. The summed E-state index contributed by atoms with van der Waals surface area (Å²) in [4.78, 5) is 32.7. The molecule has 0 saturated carbocycles. The Morgan fingerprint density at radius 1 is 1.21 bits per heavy atom. The number of nitrogens with zero attached hydrogens (tertiary/aromatic N) is 2. The number of H-pyrrole nitrogens is 1. The molecular formula is C19H22F3N3O3. The van der Waals surface area contributed by atoms with Gasteiger partial charge in [0.25, 0.3) is 5.56 Å². The second-order valence-electron chi connectivity index (χ2n) is 7.25. The maximum Gasteiger partial charge on any atom is 0.416 e. The van der Waals surface area contributed by atoms with E-state index < -0.39 is 28.5 Å². The first-order chi connectivity index (χ1) is 12.8. The number of hydrogen-bond donors (Lipinski definition) is 1. The molecule has 0 aliphatic rings. The molecule has 152 valence electrons. The normalized spacial score (nSPS) is 12.0. The monoisotopic (exact) mass is 397 g/mol. The number of aromatic nitrogens is 2. The molecule has 28 heavy (non-hydrogen) atoms. The number of carbonyl (C=O) groups excluding carboxylic acids is 1. The van der Waals surface area contributed by atoms with Crippen LogP contribution in [0.15, 0.2) is 29.1 Å². The Hall–Kier alpha value is -2.84. The maximum absolute atomic E-state index is 13.0. The van der Waals surface area contributed by atoms with Crippen molar-refractivity contribution in [1.82, 2.24) is 9.97 Å². The third-order valence-corrected chi connectivity index (χ3v) is 4.30. The zero-order valence-electron chi connectivity index (χ0n) is 16.3. The van der Waals surface area contributed by atoms with Crippen LogP contribution in [0, 0.1) is 0 Å². The van der Waals surface area contributed by atoms with Crippen LogP contribution in [0.1, 0.15) is 41.9 Å². The van der Waals surface area contributed by atoms with E-state index in [0.717, 1.165) is 18.2 Å². The SMILES string of the molecule is COc1cc(C(F)(F)F)ccc1C(C)(C)CC(=O)c1cc(=O)[nH]c(N(C)C)n1. The van der Waals surface area contributed by atoms with Crippen LogP contribution < -0.4 is 15.2 Å². The summed E-state index contributed by atoms with van der Waals surface area (Å²) in [7, 11) is 4.62. The number of halogens is 3. The molecule has 0 aliphatic carbocycles. The molecule has 0 amide bonds. The van der Waals surface area contributed by atoms with Crippen molar-refractivity contribution in [3.8, 4) is 5.75 Å². The number of carbonyl (C=O) groups is 1. The van der Waals surface area contributed by atoms with Crippen molar-refractivity contribution in [2.24, 2.45) is 0 Å². The average molecular weight is 397 g/mol. The van der Waals surface area contributed by atoms with E-state index in [1.165, 1.54) is 13.2 Å². The lowest BCUT2D eigenvalue weighted by atomic mass is 9.79. The molecule has 9 heteroatoms. The van der Waals surface area contributed by atoms with Gasteiger partial charge in [-0.25, -0.2) is 4.98 Å². The topological polar surface area (TPSA) is 75.3 Å². The van der Waals surface area contributed by atoms with Gasteiger partial charge in [-0.3, -0.25) is 14.6 Å². The van der Waals surface area contributed by atoms with Gasteiger partial charge in [0.05, 0.1) is 12.7 Å². The Morgan fingerprint density at radius 3 is 2.39 bits per heavy atom. The van der Waals surface area contributed by atoms with Crippen molar-refractivity contribution in [3.05, 3.63) is 51.4 Å². The fourth-order valence-electron chi connectivity index (χ4n) is 2.81. The highest BCUT2D eigenvalue weighted by Crippen LogP contribution is 2.39. The van der Waals surface area contributed by atoms with Crippen molar-refractivity contribution in [1.29, 1.82) is 0 Å². The number of nitrogens with one attached hydrogen (secondary N) is 1. The number of Topliss-reactive ketones (excluding diaryl/α,β-unsaturated/α-hetero) is 1. The van der Waals surface area contributed by atoms with Crippen molar-refractivity contribution < 1.29 is 22.7 Å². The van der Waals surface area contributed by atoms with Gasteiger partial charge in [0.1, 0.15) is 11.4 Å². The van der Waals surface area contributed by atoms with E-state index in [9.17, 15) is 22.8 Å². The van der Waals surface area contributed by atoms with Gasteiger partial charge in [-0.1, -0.05) is 19.9 Å². The summed E-state index contributed by atoms with van der Waals surface area (Å²) in [5, 5.41) is 0. The molecule has 1 aromatic carbocycles. The molecule has 0 saturated heterocycles. The molecule has 0 spiro atoms. The van der Waals surface area contributed by atoms with E-state index in [0.29, 0.717) is 5.56 Å². The summed E-state index contributed by atoms with van der Waals surface area (Å²) >= 11 is 0. The van der Waals surface area contributed by atoms with Gasteiger partial charge in [-0.05, 0) is 12.1 Å². The summed E-state index contributed by atoms with van der Waals surface area (Å²) in [5.41, 5.74) is -1.70. The van der Waals surface area contributed by atoms with Crippen LogP contribution in [-0.4, -0.2) is 37.0 Å². The van der Waals surface area contributed by atoms with Gasteiger partial charge in [-0.2, -0.15) is 13.2 Å². The van der Waals surface area contributed by atoms with Crippen molar-refractivity contribution in [3.63, 3.8) is 0 Å². The maximum atomic E-state index is 13.0.